The first kappa shape index (κ1) is 17.6. The van der Waals surface area contributed by atoms with E-state index < -0.39 is 0 Å². The lowest BCUT2D eigenvalue weighted by molar-refractivity contribution is -0.0411. The molecule has 0 unspecified atom stereocenters. The highest BCUT2D eigenvalue weighted by molar-refractivity contribution is 7.80. The zero-order chi connectivity index (χ0) is 19.0. The van der Waals surface area contributed by atoms with E-state index in [4.69, 9.17) is 17.0 Å². The lowest BCUT2D eigenvalue weighted by atomic mass is 9.95. The van der Waals surface area contributed by atoms with E-state index in [0.29, 0.717) is 23.6 Å². The summed E-state index contributed by atoms with van der Waals surface area (Å²) in [5, 5.41) is 13.8. The molecule has 7 nitrogen and oxygen atoms in total. The number of thiocarbonyl (C=S) groups is 1. The summed E-state index contributed by atoms with van der Waals surface area (Å²) < 4.78 is 5.87. The Hall–Kier alpha value is -2.84. The van der Waals surface area contributed by atoms with Crippen LogP contribution in [0.2, 0.25) is 0 Å². The highest BCUT2D eigenvalue weighted by Crippen LogP contribution is 2.30. The molecule has 138 valence electrons. The van der Waals surface area contributed by atoms with Gasteiger partial charge in [-0.1, -0.05) is 18.2 Å². The second-order valence-electron chi connectivity index (χ2n) is 7.06. The van der Waals surface area contributed by atoms with Crippen molar-refractivity contribution >= 4 is 40.1 Å². The third kappa shape index (κ3) is 3.67. The van der Waals surface area contributed by atoms with E-state index in [9.17, 15) is 4.79 Å². The van der Waals surface area contributed by atoms with E-state index in [-0.39, 0.29) is 16.6 Å². The van der Waals surface area contributed by atoms with Crippen LogP contribution in [0.5, 0.6) is 0 Å². The fourth-order valence-corrected chi connectivity index (χ4v) is 3.22. The fourth-order valence-electron chi connectivity index (χ4n) is 3.03. The predicted molar refractivity (Wildman–Crippen MR) is 107 cm³/mol. The van der Waals surface area contributed by atoms with Crippen LogP contribution in [0.25, 0.3) is 11.0 Å². The van der Waals surface area contributed by atoms with Crippen molar-refractivity contribution in [2.45, 2.75) is 32.5 Å². The van der Waals surface area contributed by atoms with Crippen molar-refractivity contribution in [3.63, 3.8) is 0 Å². The van der Waals surface area contributed by atoms with Crippen LogP contribution in [0.1, 0.15) is 35.5 Å². The van der Waals surface area contributed by atoms with Crippen LogP contribution in [0.3, 0.4) is 0 Å². The molecule has 0 bridgehead atoms. The summed E-state index contributed by atoms with van der Waals surface area (Å²) in [6.45, 7) is 4.61. The molecular formula is C19H19N5O2S. The molecular weight excluding hydrogens is 362 g/mol. The maximum atomic E-state index is 12.2. The van der Waals surface area contributed by atoms with Crippen molar-refractivity contribution in [3.05, 3.63) is 53.2 Å². The molecule has 0 saturated heterocycles. The number of aromatic nitrogens is 3. The highest BCUT2D eigenvalue weighted by Gasteiger charge is 2.28. The molecule has 8 heteroatoms. The van der Waals surface area contributed by atoms with Crippen LogP contribution < -0.4 is 10.6 Å². The molecule has 3 aromatic rings. The normalized spacial score (nSPS) is 15.2. The van der Waals surface area contributed by atoms with E-state index in [1.807, 2.05) is 12.1 Å². The van der Waals surface area contributed by atoms with E-state index in [1.54, 1.807) is 24.3 Å². The number of pyridine rings is 1. The minimum absolute atomic E-state index is 0.173. The smallest absolute Gasteiger partial charge is 0.257 e. The number of hydrogen-bond acceptors (Lipinski definition) is 5. The van der Waals surface area contributed by atoms with Gasteiger partial charge >= 0.3 is 0 Å². The molecule has 0 atom stereocenters. The number of anilines is 1. The van der Waals surface area contributed by atoms with Gasteiger partial charge < -0.3 is 10.1 Å². The third-order valence-electron chi connectivity index (χ3n) is 4.43. The lowest BCUT2D eigenvalue weighted by Gasteiger charge is -2.30. The topological polar surface area (TPSA) is 91.9 Å². The molecule has 1 aliphatic rings. The number of benzene rings is 1. The Morgan fingerprint density at radius 3 is 2.85 bits per heavy atom. The van der Waals surface area contributed by atoms with Crippen molar-refractivity contribution in [2.75, 3.05) is 5.32 Å². The zero-order valence-electron chi connectivity index (χ0n) is 15.0. The zero-order valence-corrected chi connectivity index (χ0v) is 15.8. The first-order chi connectivity index (χ1) is 12.9. The van der Waals surface area contributed by atoms with Gasteiger partial charge in [0.2, 0.25) is 0 Å². The molecule has 2 aromatic heterocycles. The number of H-pyrrole nitrogens is 1. The van der Waals surface area contributed by atoms with Crippen molar-refractivity contribution < 1.29 is 9.53 Å². The summed E-state index contributed by atoms with van der Waals surface area (Å²) in [6.07, 6.45) is 0.742. The molecule has 3 heterocycles. The van der Waals surface area contributed by atoms with Gasteiger partial charge in [0.25, 0.3) is 5.91 Å². The molecule has 0 saturated carbocycles. The van der Waals surface area contributed by atoms with Crippen molar-refractivity contribution in [2.24, 2.45) is 0 Å². The Morgan fingerprint density at radius 1 is 1.30 bits per heavy atom. The van der Waals surface area contributed by atoms with E-state index in [0.717, 1.165) is 23.1 Å². The molecule has 1 aromatic carbocycles. The Morgan fingerprint density at radius 2 is 2.07 bits per heavy atom. The number of amides is 1. The standard InChI is InChI=1S/C19H19N5O2S/c1-19(2)9-14-12(10-26-19)8-13-15(20-14)23-24-16(13)21-18(27)22-17(25)11-6-4-3-5-7-11/h3-8H,9-10H2,1-2H3,(H3,20,21,22,23,24,25,27). The molecule has 3 N–H and O–H groups in total. The summed E-state index contributed by atoms with van der Waals surface area (Å²) in [6, 6.07) is 10.9. The number of nitrogens with one attached hydrogen (secondary N) is 3. The fraction of sp³-hybridized carbons (Fsp3) is 0.263. The number of rotatable bonds is 2. The summed E-state index contributed by atoms with van der Waals surface area (Å²) in [5.41, 5.74) is 3.02. The molecule has 0 aliphatic carbocycles. The molecule has 0 radical (unpaired) electrons. The number of fused-ring (bicyclic) bond motifs is 2. The summed E-state index contributed by atoms with van der Waals surface area (Å²) >= 11 is 5.25. The Labute approximate surface area is 161 Å². The van der Waals surface area contributed by atoms with Crippen LogP contribution in [-0.4, -0.2) is 31.8 Å². The van der Waals surface area contributed by atoms with Gasteiger partial charge in [-0.2, -0.15) is 5.10 Å². The van der Waals surface area contributed by atoms with Gasteiger partial charge in [-0.05, 0) is 44.3 Å². The Bertz CT molecular complexity index is 1030. The monoisotopic (exact) mass is 381 g/mol. The van der Waals surface area contributed by atoms with Gasteiger partial charge in [-0.25, -0.2) is 4.98 Å². The second kappa shape index (κ2) is 6.71. The SMILES string of the molecule is CC1(C)Cc2nc3[nH]nc(NC(=S)NC(=O)c4ccccc4)c3cc2CO1. The summed E-state index contributed by atoms with van der Waals surface area (Å²) in [7, 11) is 0. The molecule has 0 fully saturated rings. The quantitative estimate of drug-likeness (QED) is 0.591. The van der Waals surface area contributed by atoms with Gasteiger partial charge in [0.1, 0.15) is 0 Å². The lowest BCUT2D eigenvalue weighted by Crippen LogP contribution is -2.34. The first-order valence-corrected chi connectivity index (χ1v) is 9.00. The minimum Gasteiger partial charge on any atom is -0.370 e. The molecule has 4 rings (SSSR count). The number of carbonyl (C=O) groups is 1. The van der Waals surface area contributed by atoms with Crippen molar-refractivity contribution in [1.82, 2.24) is 20.5 Å². The molecule has 0 spiro atoms. The Kier molecular flexibility index (Phi) is 4.37. The highest BCUT2D eigenvalue weighted by atomic mass is 32.1. The average Bonchev–Trinajstić information content (AvgIpc) is 3.01. The number of nitrogens with zero attached hydrogens (tertiary/aromatic N) is 2. The minimum atomic E-state index is -0.279. The van der Waals surface area contributed by atoms with Crippen LogP contribution in [0.4, 0.5) is 5.82 Å². The average molecular weight is 381 g/mol. The van der Waals surface area contributed by atoms with Crippen molar-refractivity contribution in [1.29, 1.82) is 0 Å². The molecule has 27 heavy (non-hydrogen) atoms. The van der Waals surface area contributed by atoms with Gasteiger partial charge in [-0.15, -0.1) is 0 Å². The van der Waals surface area contributed by atoms with Crippen LogP contribution in [-0.2, 0) is 17.8 Å². The summed E-state index contributed by atoms with van der Waals surface area (Å²) in [5.74, 6) is 0.238. The van der Waals surface area contributed by atoms with Crippen LogP contribution in [0, 0.1) is 0 Å². The maximum absolute atomic E-state index is 12.2. The maximum Gasteiger partial charge on any atom is 0.257 e. The predicted octanol–water partition coefficient (Wildman–Crippen LogP) is 2.94. The van der Waals surface area contributed by atoms with Gasteiger partial charge in [-0.3, -0.25) is 15.2 Å². The van der Waals surface area contributed by atoms with Gasteiger partial charge in [0, 0.05) is 17.5 Å². The molecule has 1 aliphatic heterocycles. The largest absolute Gasteiger partial charge is 0.370 e. The van der Waals surface area contributed by atoms with E-state index in [1.165, 1.54) is 0 Å². The van der Waals surface area contributed by atoms with E-state index in [2.05, 4.69) is 39.7 Å². The number of hydrogen-bond donors (Lipinski definition) is 3. The Balaban J connectivity index is 1.53. The molecule has 1 amide bonds. The van der Waals surface area contributed by atoms with Crippen LogP contribution >= 0.6 is 12.2 Å². The number of aromatic amines is 1. The number of carbonyl (C=O) groups excluding carboxylic acids is 1. The summed E-state index contributed by atoms with van der Waals surface area (Å²) in [4.78, 5) is 16.9. The van der Waals surface area contributed by atoms with Gasteiger partial charge in [0.15, 0.2) is 16.6 Å². The second-order valence-corrected chi connectivity index (χ2v) is 7.47. The first-order valence-electron chi connectivity index (χ1n) is 8.59. The third-order valence-corrected chi connectivity index (χ3v) is 4.63. The van der Waals surface area contributed by atoms with Gasteiger partial charge in [0.05, 0.1) is 23.3 Å². The van der Waals surface area contributed by atoms with Crippen molar-refractivity contribution in [3.8, 4) is 0 Å². The number of ether oxygens (including phenoxy) is 1. The van der Waals surface area contributed by atoms with E-state index >= 15 is 0 Å². The van der Waals surface area contributed by atoms with Crippen LogP contribution in [0.15, 0.2) is 36.4 Å².